The third-order valence-electron chi connectivity index (χ3n) is 2.92. The molecule has 3 rings (SSSR count). The fourth-order valence-electron chi connectivity index (χ4n) is 1.93. The van der Waals surface area contributed by atoms with Gasteiger partial charge in [-0.05, 0) is 30.3 Å². The summed E-state index contributed by atoms with van der Waals surface area (Å²) in [4.78, 5) is 16.1. The average molecular weight is 314 g/mol. The maximum atomic E-state index is 11.9. The van der Waals surface area contributed by atoms with Crippen LogP contribution in [0.2, 0.25) is 5.02 Å². The summed E-state index contributed by atoms with van der Waals surface area (Å²) < 4.78 is 5.16. The van der Waals surface area contributed by atoms with Crippen molar-refractivity contribution in [3.05, 3.63) is 65.4 Å². The minimum Gasteiger partial charge on any atom is -0.334 e. The molecule has 0 spiro atoms. The van der Waals surface area contributed by atoms with Crippen molar-refractivity contribution in [2.45, 2.75) is 6.42 Å². The van der Waals surface area contributed by atoms with E-state index >= 15 is 0 Å². The average Bonchev–Trinajstić information content (AvgIpc) is 2.96. The lowest BCUT2D eigenvalue weighted by molar-refractivity contribution is -0.115. The van der Waals surface area contributed by atoms with Crippen LogP contribution in [0.4, 0.5) is 5.69 Å². The molecular weight excluding hydrogens is 302 g/mol. The van der Waals surface area contributed by atoms with Crippen LogP contribution in [-0.2, 0) is 11.2 Å². The largest absolute Gasteiger partial charge is 0.334 e. The molecule has 0 atom stereocenters. The van der Waals surface area contributed by atoms with Gasteiger partial charge in [-0.25, -0.2) is 0 Å². The summed E-state index contributed by atoms with van der Waals surface area (Å²) in [6, 6.07) is 16.3. The third-order valence-corrected chi connectivity index (χ3v) is 3.15. The number of amides is 1. The van der Waals surface area contributed by atoms with Gasteiger partial charge in [0.05, 0.1) is 6.42 Å². The van der Waals surface area contributed by atoms with Crippen molar-refractivity contribution in [2.24, 2.45) is 0 Å². The molecule has 1 N–H and O–H groups in total. The number of nitrogens with one attached hydrogen (secondary N) is 1. The fourth-order valence-corrected chi connectivity index (χ4v) is 2.13. The molecule has 1 aromatic heterocycles. The van der Waals surface area contributed by atoms with Crippen LogP contribution in [0.15, 0.2) is 59.1 Å². The van der Waals surface area contributed by atoms with Crippen molar-refractivity contribution in [3.63, 3.8) is 0 Å². The van der Waals surface area contributed by atoms with Crippen LogP contribution in [0.25, 0.3) is 11.5 Å². The van der Waals surface area contributed by atoms with E-state index in [0.717, 1.165) is 11.3 Å². The molecule has 0 aliphatic carbocycles. The van der Waals surface area contributed by atoms with Crippen LogP contribution in [0, 0.1) is 0 Å². The van der Waals surface area contributed by atoms with E-state index in [4.69, 9.17) is 16.1 Å². The van der Waals surface area contributed by atoms with Crippen molar-refractivity contribution < 1.29 is 9.32 Å². The lowest BCUT2D eigenvalue weighted by Crippen LogP contribution is -2.15. The zero-order chi connectivity index (χ0) is 15.4. The molecule has 22 heavy (non-hydrogen) atoms. The van der Waals surface area contributed by atoms with Crippen molar-refractivity contribution >= 4 is 23.2 Å². The van der Waals surface area contributed by atoms with Gasteiger partial charge in [0.25, 0.3) is 5.89 Å². The molecule has 0 aliphatic heterocycles. The molecule has 0 bridgehead atoms. The van der Waals surface area contributed by atoms with Gasteiger partial charge in [0.2, 0.25) is 5.91 Å². The topological polar surface area (TPSA) is 68.0 Å². The SMILES string of the molecule is O=C(Cc1noc(-c2cccc(Cl)c2)n1)Nc1ccccc1. The summed E-state index contributed by atoms with van der Waals surface area (Å²) >= 11 is 5.92. The number of carbonyl (C=O) groups is 1. The van der Waals surface area contributed by atoms with Gasteiger partial charge in [-0.1, -0.05) is 41.0 Å². The molecule has 0 saturated heterocycles. The van der Waals surface area contributed by atoms with Crippen LogP contribution in [0.1, 0.15) is 5.82 Å². The number of aromatic nitrogens is 2. The standard InChI is InChI=1S/C16H12ClN3O2/c17-12-6-4-5-11(9-12)16-19-14(20-22-16)10-15(21)18-13-7-2-1-3-8-13/h1-9H,10H2,(H,18,21). The van der Waals surface area contributed by atoms with E-state index in [9.17, 15) is 4.79 Å². The van der Waals surface area contributed by atoms with Crippen LogP contribution in [-0.4, -0.2) is 16.0 Å². The monoisotopic (exact) mass is 313 g/mol. The zero-order valence-corrected chi connectivity index (χ0v) is 12.2. The summed E-state index contributed by atoms with van der Waals surface area (Å²) in [5.74, 6) is 0.457. The Morgan fingerprint density at radius 3 is 2.73 bits per heavy atom. The summed E-state index contributed by atoms with van der Waals surface area (Å²) in [7, 11) is 0. The molecule has 1 amide bonds. The number of hydrogen-bond acceptors (Lipinski definition) is 4. The molecule has 0 unspecified atom stereocenters. The highest BCUT2D eigenvalue weighted by Gasteiger charge is 2.12. The highest BCUT2D eigenvalue weighted by molar-refractivity contribution is 6.30. The Labute approximate surface area is 131 Å². The summed E-state index contributed by atoms with van der Waals surface area (Å²) in [5, 5.41) is 7.16. The molecular formula is C16H12ClN3O2. The smallest absolute Gasteiger partial charge is 0.257 e. The molecule has 2 aromatic carbocycles. The minimum absolute atomic E-state index is 0.0406. The molecule has 110 valence electrons. The van der Waals surface area contributed by atoms with Gasteiger partial charge in [0.1, 0.15) is 0 Å². The van der Waals surface area contributed by atoms with Gasteiger partial charge in [0.15, 0.2) is 5.82 Å². The van der Waals surface area contributed by atoms with E-state index in [1.165, 1.54) is 0 Å². The van der Waals surface area contributed by atoms with Crippen molar-refractivity contribution in [1.29, 1.82) is 0 Å². The van der Waals surface area contributed by atoms with Gasteiger partial charge in [0, 0.05) is 16.3 Å². The molecule has 1 heterocycles. The van der Waals surface area contributed by atoms with E-state index in [2.05, 4.69) is 15.5 Å². The fraction of sp³-hybridized carbons (Fsp3) is 0.0625. The first kappa shape index (κ1) is 14.3. The molecule has 0 radical (unpaired) electrons. The number of anilines is 1. The van der Waals surface area contributed by atoms with E-state index < -0.39 is 0 Å². The van der Waals surface area contributed by atoms with Crippen LogP contribution in [0.3, 0.4) is 0 Å². The Kier molecular flexibility index (Phi) is 4.16. The number of hydrogen-bond donors (Lipinski definition) is 1. The first-order valence-electron chi connectivity index (χ1n) is 6.64. The van der Waals surface area contributed by atoms with E-state index in [0.29, 0.717) is 16.7 Å². The van der Waals surface area contributed by atoms with Crippen LogP contribution >= 0.6 is 11.6 Å². The molecule has 6 heteroatoms. The van der Waals surface area contributed by atoms with Gasteiger partial charge >= 0.3 is 0 Å². The van der Waals surface area contributed by atoms with E-state index in [-0.39, 0.29) is 12.3 Å². The lowest BCUT2D eigenvalue weighted by atomic mass is 10.2. The lowest BCUT2D eigenvalue weighted by Gasteiger charge is -2.01. The van der Waals surface area contributed by atoms with Crippen molar-refractivity contribution in [3.8, 4) is 11.5 Å². The summed E-state index contributed by atoms with van der Waals surface area (Å²) in [6.07, 6.45) is 0.0406. The van der Waals surface area contributed by atoms with Gasteiger partial charge < -0.3 is 9.84 Å². The van der Waals surface area contributed by atoms with Crippen LogP contribution in [0.5, 0.6) is 0 Å². The Bertz CT molecular complexity index is 787. The van der Waals surface area contributed by atoms with Gasteiger partial charge in [-0.15, -0.1) is 0 Å². The number of rotatable bonds is 4. The number of nitrogens with zero attached hydrogens (tertiary/aromatic N) is 2. The second-order valence-electron chi connectivity index (χ2n) is 4.62. The second-order valence-corrected chi connectivity index (χ2v) is 5.05. The third kappa shape index (κ3) is 3.51. The maximum Gasteiger partial charge on any atom is 0.257 e. The van der Waals surface area contributed by atoms with Gasteiger partial charge in [-0.3, -0.25) is 4.79 Å². The molecule has 3 aromatic rings. The second kappa shape index (κ2) is 6.41. The van der Waals surface area contributed by atoms with Crippen molar-refractivity contribution in [2.75, 3.05) is 5.32 Å². The number of para-hydroxylation sites is 1. The highest BCUT2D eigenvalue weighted by Crippen LogP contribution is 2.21. The maximum absolute atomic E-state index is 11.9. The first-order chi connectivity index (χ1) is 10.7. The van der Waals surface area contributed by atoms with Crippen molar-refractivity contribution in [1.82, 2.24) is 10.1 Å². The quantitative estimate of drug-likeness (QED) is 0.799. The summed E-state index contributed by atoms with van der Waals surface area (Å²) in [5.41, 5.74) is 1.45. The molecule has 5 nitrogen and oxygen atoms in total. The van der Waals surface area contributed by atoms with Gasteiger partial charge in [-0.2, -0.15) is 4.98 Å². The molecule has 0 aliphatic rings. The van der Waals surface area contributed by atoms with E-state index in [1.54, 1.807) is 18.2 Å². The predicted molar refractivity (Wildman–Crippen MR) is 83.5 cm³/mol. The predicted octanol–water partition coefficient (Wildman–Crippen LogP) is 3.57. The number of halogens is 1. The van der Waals surface area contributed by atoms with Crippen LogP contribution < -0.4 is 5.32 Å². The Hall–Kier alpha value is -2.66. The van der Waals surface area contributed by atoms with E-state index in [1.807, 2.05) is 36.4 Å². The number of carbonyl (C=O) groups excluding carboxylic acids is 1. The number of benzene rings is 2. The Balaban J connectivity index is 1.68. The normalized spacial score (nSPS) is 10.4. The summed E-state index contributed by atoms with van der Waals surface area (Å²) in [6.45, 7) is 0. The molecule has 0 saturated carbocycles. The Morgan fingerprint density at radius 1 is 1.14 bits per heavy atom. The Morgan fingerprint density at radius 2 is 1.95 bits per heavy atom. The molecule has 0 fully saturated rings. The highest BCUT2D eigenvalue weighted by atomic mass is 35.5. The minimum atomic E-state index is -0.204. The zero-order valence-electron chi connectivity index (χ0n) is 11.5. The first-order valence-corrected chi connectivity index (χ1v) is 7.02.